The number of aryl methyl sites for hydroxylation is 1. The summed E-state index contributed by atoms with van der Waals surface area (Å²) < 4.78 is 54.0. The van der Waals surface area contributed by atoms with Crippen LogP contribution < -0.4 is 14.8 Å². The van der Waals surface area contributed by atoms with Crippen LogP contribution in [0.3, 0.4) is 0 Å². The highest BCUT2D eigenvalue weighted by Gasteiger charge is 2.35. The summed E-state index contributed by atoms with van der Waals surface area (Å²) in [7, 11) is -5.94. The number of nitrogens with one attached hydrogen (secondary N) is 3. The van der Waals surface area contributed by atoms with Crippen molar-refractivity contribution < 1.29 is 16.8 Å². The Morgan fingerprint density at radius 1 is 1.04 bits per heavy atom. The van der Waals surface area contributed by atoms with Crippen LogP contribution in [-0.4, -0.2) is 42.0 Å². The van der Waals surface area contributed by atoms with Crippen molar-refractivity contribution in [2.24, 2.45) is 0 Å². The lowest BCUT2D eigenvalue weighted by atomic mass is 10.0. The third kappa shape index (κ3) is 4.35. The van der Waals surface area contributed by atoms with Gasteiger partial charge in [-0.25, -0.2) is 26.3 Å². The standard InChI is InChI=1S/C15H23N3O4S2.ClH/c1-10-7-14(5-6-15(10)24(21,22)16-2)23(19,20)18-13-8-11-3-4-12(9-13)17-11;/h5-7,11-13,16-18H,3-4,8-9H2,1-2H3;1H. The topological polar surface area (TPSA) is 104 Å². The van der Waals surface area contributed by atoms with Crippen molar-refractivity contribution >= 4 is 32.5 Å². The fraction of sp³-hybridized carbons (Fsp3) is 0.600. The second-order valence-corrected chi connectivity index (χ2v) is 10.1. The summed E-state index contributed by atoms with van der Waals surface area (Å²) in [6, 6.07) is 4.79. The Morgan fingerprint density at radius 3 is 2.16 bits per heavy atom. The van der Waals surface area contributed by atoms with E-state index >= 15 is 0 Å². The molecule has 2 saturated heterocycles. The van der Waals surface area contributed by atoms with E-state index in [-0.39, 0.29) is 28.2 Å². The van der Waals surface area contributed by atoms with E-state index in [0.29, 0.717) is 17.6 Å². The maximum absolute atomic E-state index is 12.6. The van der Waals surface area contributed by atoms with Crippen LogP contribution >= 0.6 is 12.4 Å². The van der Waals surface area contributed by atoms with Crippen molar-refractivity contribution in [3.63, 3.8) is 0 Å². The van der Waals surface area contributed by atoms with Gasteiger partial charge < -0.3 is 5.32 Å². The van der Waals surface area contributed by atoms with Gasteiger partial charge in [0, 0.05) is 18.1 Å². The first kappa shape index (κ1) is 20.6. The first-order valence-electron chi connectivity index (χ1n) is 8.04. The molecule has 0 radical (unpaired) electrons. The molecule has 2 aliphatic heterocycles. The molecule has 2 atom stereocenters. The van der Waals surface area contributed by atoms with Gasteiger partial charge in [0.15, 0.2) is 0 Å². The molecular weight excluding hydrogens is 386 g/mol. The SMILES string of the molecule is CNS(=O)(=O)c1ccc(S(=O)(=O)NC2CC3CCC(C2)N3)cc1C.Cl. The van der Waals surface area contributed by atoms with Gasteiger partial charge in [0.1, 0.15) is 0 Å². The molecule has 3 N–H and O–H groups in total. The van der Waals surface area contributed by atoms with Gasteiger partial charge in [-0.05, 0) is 63.4 Å². The summed E-state index contributed by atoms with van der Waals surface area (Å²) in [6.07, 6.45) is 3.78. The first-order chi connectivity index (χ1) is 11.2. The van der Waals surface area contributed by atoms with Crippen LogP contribution in [-0.2, 0) is 20.0 Å². The van der Waals surface area contributed by atoms with Crippen LogP contribution in [0.4, 0.5) is 0 Å². The molecule has 2 unspecified atom stereocenters. The smallest absolute Gasteiger partial charge is 0.240 e. The second-order valence-electron chi connectivity index (χ2n) is 6.56. The van der Waals surface area contributed by atoms with Crippen LogP contribution in [0.1, 0.15) is 31.2 Å². The van der Waals surface area contributed by atoms with E-state index in [0.717, 1.165) is 25.7 Å². The van der Waals surface area contributed by atoms with Gasteiger partial charge in [-0.1, -0.05) is 0 Å². The van der Waals surface area contributed by atoms with Crippen LogP contribution in [0, 0.1) is 6.92 Å². The minimum absolute atomic E-state index is 0. The maximum atomic E-state index is 12.6. The molecule has 2 bridgehead atoms. The van der Waals surface area contributed by atoms with Crippen molar-refractivity contribution in [3.05, 3.63) is 23.8 Å². The molecule has 1 aromatic carbocycles. The van der Waals surface area contributed by atoms with Gasteiger partial charge >= 0.3 is 0 Å². The van der Waals surface area contributed by atoms with E-state index in [2.05, 4.69) is 14.8 Å². The van der Waals surface area contributed by atoms with Gasteiger partial charge in [-0.15, -0.1) is 12.4 Å². The third-order valence-electron chi connectivity index (χ3n) is 4.81. The molecular formula is C15H24ClN3O4S2. The molecule has 0 spiro atoms. The van der Waals surface area contributed by atoms with Gasteiger partial charge in [-0.2, -0.15) is 0 Å². The summed E-state index contributed by atoms with van der Waals surface area (Å²) in [5.41, 5.74) is 0.401. The largest absolute Gasteiger partial charge is 0.311 e. The molecule has 2 heterocycles. The molecule has 10 heteroatoms. The van der Waals surface area contributed by atoms with Crippen molar-refractivity contribution in [2.45, 2.75) is 60.5 Å². The lowest BCUT2D eigenvalue weighted by Gasteiger charge is -2.29. The lowest BCUT2D eigenvalue weighted by Crippen LogP contribution is -2.47. The Balaban J connectivity index is 0.00000225. The Morgan fingerprint density at radius 2 is 1.64 bits per heavy atom. The molecule has 1 aromatic rings. The second kappa shape index (κ2) is 7.50. The molecule has 0 amide bonds. The number of hydrogen-bond acceptors (Lipinski definition) is 5. The summed E-state index contributed by atoms with van der Waals surface area (Å²) in [5.74, 6) is 0. The molecule has 142 valence electrons. The highest BCUT2D eigenvalue weighted by atomic mass is 35.5. The summed E-state index contributed by atoms with van der Waals surface area (Å²) in [6.45, 7) is 1.59. The number of piperidine rings is 1. The van der Waals surface area contributed by atoms with Crippen LogP contribution in [0.15, 0.2) is 28.0 Å². The van der Waals surface area contributed by atoms with Crippen LogP contribution in [0.25, 0.3) is 0 Å². The number of rotatable bonds is 5. The molecule has 0 aromatic heterocycles. The first-order valence-corrected chi connectivity index (χ1v) is 11.0. The molecule has 0 aliphatic carbocycles. The van der Waals surface area contributed by atoms with Crippen molar-refractivity contribution in [1.82, 2.24) is 14.8 Å². The summed E-state index contributed by atoms with van der Waals surface area (Å²) >= 11 is 0. The Kier molecular flexibility index (Phi) is 6.18. The van der Waals surface area contributed by atoms with Gasteiger partial charge in [0.25, 0.3) is 0 Å². The van der Waals surface area contributed by atoms with E-state index in [9.17, 15) is 16.8 Å². The lowest BCUT2D eigenvalue weighted by molar-refractivity contribution is 0.345. The van der Waals surface area contributed by atoms with E-state index in [1.54, 1.807) is 6.92 Å². The average Bonchev–Trinajstić information content (AvgIpc) is 2.85. The predicted molar refractivity (Wildman–Crippen MR) is 98.0 cm³/mol. The summed E-state index contributed by atoms with van der Waals surface area (Å²) in [4.78, 5) is 0.185. The minimum Gasteiger partial charge on any atom is -0.311 e. The van der Waals surface area contributed by atoms with Crippen molar-refractivity contribution in [1.29, 1.82) is 0 Å². The zero-order chi connectivity index (χ0) is 17.5. The van der Waals surface area contributed by atoms with Gasteiger partial charge in [-0.3, -0.25) is 0 Å². The fourth-order valence-corrected chi connectivity index (χ4v) is 5.94. The number of halogens is 1. The average molecular weight is 410 g/mol. The third-order valence-corrected chi connectivity index (χ3v) is 7.90. The van der Waals surface area contributed by atoms with Crippen molar-refractivity contribution in [2.75, 3.05) is 7.05 Å². The Bertz CT molecular complexity index is 830. The zero-order valence-electron chi connectivity index (χ0n) is 14.2. The molecule has 0 saturated carbocycles. The molecule has 7 nitrogen and oxygen atoms in total. The van der Waals surface area contributed by atoms with Crippen LogP contribution in [0.5, 0.6) is 0 Å². The van der Waals surface area contributed by atoms with E-state index < -0.39 is 20.0 Å². The molecule has 2 fully saturated rings. The zero-order valence-corrected chi connectivity index (χ0v) is 16.6. The molecule has 3 rings (SSSR count). The Hall–Kier alpha value is -0.710. The van der Waals surface area contributed by atoms with Gasteiger partial charge in [0.05, 0.1) is 9.79 Å². The molecule has 25 heavy (non-hydrogen) atoms. The number of sulfonamides is 2. The van der Waals surface area contributed by atoms with Gasteiger partial charge in [0.2, 0.25) is 20.0 Å². The minimum atomic E-state index is -3.66. The number of benzene rings is 1. The quantitative estimate of drug-likeness (QED) is 0.669. The highest BCUT2D eigenvalue weighted by Crippen LogP contribution is 2.28. The maximum Gasteiger partial charge on any atom is 0.240 e. The monoisotopic (exact) mass is 409 g/mol. The van der Waals surface area contributed by atoms with E-state index in [1.807, 2.05) is 0 Å². The normalized spacial score (nSPS) is 26.2. The molecule has 2 aliphatic rings. The van der Waals surface area contributed by atoms with E-state index in [4.69, 9.17) is 0 Å². The summed E-state index contributed by atoms with van der Waals surface area (Å²) in [5, 5.41) is 3.48. The number of fused-ring (bicyclic) bond motifs is 2. The fourth-order valence-electron chi connectivity index (χ4n) is 3.64. The number of hydrogen-bond donors (Lipinski definition) is 3. The predicted octanol–water partition coefficient (Wildman–Crippen LogP) is 0.886. The highest BCUT2D eigenvalue weighted by molar-refractivity contribution is 7.90. The Labute approximate surface area is 155 Å². The van der Waals surface area contributed by atoms with E-state index in [1.165, 1.54) is 25.2 Å². The van der Waals surface area contributed by atoms with Crippen molar-refractivity contribution in [3.8, 4) is 0 Å². The van der Waals surface area contributed by atoms with Crippen LogP contribution in [0.2, 0.25) is 0 Å².